The van der Waals surface area contributed by atoms with Gasteiger partial charge in [0.15, 0.2) is 5.75 Å². The predicted octanol–water partition coefficient (Wildman–Crippen LogP) is 2.00. The first-order valence-electron chi connectivity index (χ1n) is 4.93. The summed E-state index contributed by atoms with van der Waals surface area (Å²) in [5, 5.41) is 7.04. The van der Waals surface area contributed by atoms with E-state index in [0.29, 0.717) is 12.3 Å². The Bertz CT molecular complexity index is 454. The van der Waals surface area contributed by atoms with Crippen LogP contribution in [0.1, 0.15) is 11.4 Å². The molecule has 0 radical (unpaired) electrons. The second-order valence-electron chi connectivity index (χ2n) is 3.37. The molecule has 0 aliphatic rings. The Morgan fingerprint density at radius 3 is 3.06 bits per heavy atom. The van der Waals surface area contributed by atoms with Crippen LogP contribution < -0.4 is 10.1 Å². The first-order chi connectivity index (χ1) is 7.79. The highest BCUT2D eigenvalue weighted by atomic mass is 16.5. The number of rotatable bonds is 4. The normalized spacial score (nSPS) is 10.1. The number of aromatic nitrogens is 2. The maximum atomic E-state index is 5.20. The summed E-state index contributed by atoms with van der Waals surface area (Å²) in [6.07, 6.45) is 3.24. The molecule has 84 valence electrons. The fourth-order valence-corrected chi connectivity index (χ4v) is 1.36. The summed E-state index contributed by atoms with van der Waals surface area (Å²) in [7, 11) is 1.62. The zero-order valence-corrected chi connectivity index (χ0v) is 9.23. The lowest BCUT2D eigenvalue weighted by atomic mass is 10.3. The molecule has 0 unspecified atom stereocenters. The van der Waals surface area contributed by atoms with E-state index < -0.39 is 0 Å². The average Bonchev–Trinajstić information content (AvgIpc) is 2.79. The molecule has 0 saturated heterocycles. The van der Waals surface area contributed by atoms with Gasteiger partial charge in [0.1, 0.15) is 12.0 Å². The highest BCUT2D eigenvalue weighted by Crippen LogP contribution is 2.23. The molecule has 16 heavy (non-hydrogen) atoms. The van der Waals surface area contributed by atoms with Crippen molar-refractivity contribution >= 4 is 5.69 Å². The number of aryl methyl sites for hydroxylation is 1. The molecule has 0 aliphatic carbocycles. The van der Waals surface area contributed by atoms with Crippen LogP contribution in [0.5, 0.6) is 5.75 Å². The number of methoxy groups -OCH3 is 1. The minimum absolute atomic E-state index is 0.594. The van der Waals surface area contributed by atoms with Crippen LogP contribution in [0.25, 0.3) is 0 Å². The van der Waals surface area contributed by atoms with Crippen LogP contribution in [0.4, 0.5) is 5.69 Å². The summed E-state index contributed by atoms with van der Waals surface area (Å²) in [4.78, 5) is 4.16. The quantitative estimate of drug-likeness (QED) is 0.852. The average molecular weight is 219 g/mol. The van der Waals surface area contributed by atoms with E-state index in [4.69, 9.17) is 9.26 Å². The van der Waals surface area contributed by atoms with E-state index in [1.165, 1.54) is 0 Å². The molecule has 0 fully saturated rings. The molecule has 0 amide bonds. The third-order valence-corrected chi connectivity index (χ3v) is 2.18. The van der Waals surface area contributed by atoms with E-state index in [9.17, 15) is 0 Å². The second-order valence-corrected chi connectivity index (χ2v) is 3.37. The minimum Gasteiger partial charge on any atom is -0.493 e. The third kappa shape index (κ3) is 2.31. The Morgan fingerprint density at radius 2 is 2.38 bits per heavy atom. The largest absolute Gasteiger partial charge is 0.493 e. The highest BCUT2D eigenvalue weighted by Gasteiger charge is 2.04. The van der Waals surface area contributed by atoms with Crippen molar-refractivity contribution in [2.24, 2.45) is 0 Å². The SMILES string of the molecule is COc1cnc(C)cc1NCc1ccon1. The number of hydrogen-bond donors (Lipinski definition) is 1. The predicted molar refractivity (Wildman–Crippen MR) is 59.4 cm³/mol. The number of pyridine rings is 1. The second kappa shape index (κ2) is 4.65. The summed E-state index contributed by atoms with van der Waals surface area (Å²) in [6.45, 7) is 2.52. The van der Waals surface area contributed by atoms with E-state index in [1.54, 1.807) is 19.6 Å². The van der Waals surface area contributed by atoms with Gasteiger partial charge in [-0.15, -0.1) is 0 Å². The van der Waals surface area contributed by atoms with E-state index in [1.807, 2.05) is 19.1 Å². The van der Waals surface area contributed by atoms with Crippen molar-refractivity contribution in [3.8, 4) is 5.75 Å². The maximum Gasteiger partial charge on any atom is 0.160 e. The number of hydrogen-bond acceptors (Lipinski definition) is 5. The zero-order valence-electron chi connectivity index (χ0n) is 9.23. The number of nitrogens with zero attached hydrogens (tertiary/aromatic N) is 2. The van der Waals surface area contributed by atoms with Gasteiger partial charge in [0.05, 0.1) is 25.5 Å². The van der Waals surface area contributed by atoms with Crippen molar-refractivity contribution in [2.45, 2.75) is 13.5 Å². The molecule has 2 heterocycles. The highest BCUT2D eigenvalue weighted by molar-refractivity contribution is 5.55. The molecule has 2 rings (SSSR count). The molecule has 2 aromatic heterocycles. The summed E-state index contributed by atoms with van der Waals surface area (Å²) in [5.74, 6) is 0.717. The van der Waals surface area contributed by atoms with Crippen LogP contribution >= 0.6 is 0 Å². The first-order valence-corrected chi connectivity index (χ1v) is 4.93. The molecule has 0 spiro atoms. The first kappa shape index (κ1) is 10.5. The van der Waals surface area contributed by atoms with E-state index in [2.05, 4.69) is 15.5 Å². The van der Waals surface area contributed by atoms with Gasteiger partial charge >= 0.3 is 0 Å². The van der Waals surface area contributed by atoms with Gasteiger partial charge in [-0.2, -0.15) is 0 Å². The van der Waals surface area contributed by atoms with Crippen molar-refractivity contribution in [1.82, 2.24) is 10.1 Å². The van der Waals surface area contributed by atoms with Crippen molar-refractivity contribution in [3.05, 3.63) is 36.0 Å². The summed E-state index contributed by atoms with van der Waals surface area (Å²) < 4.78 is 9.95. The Hall–Kier alpha value is -2.04. The fourth-order valence-electron chi connectivity index (χ4n) is 1.36. The summed E-state index contributed by atoms with van der Waals surface area (Å²) in [5.41, 5.74) is 2.68. The van der Waals surface area contributed by atoms with Gasteiger partial charge in [0.25, 0.3) is 0 Å². The van der Waals surface area contributed by atoms with Gasteiger partial charge in [0.2, 0.25) is 0 Å². The molecule has 0 aromatic carbocycles. The summed E-state index contributed by atoms with van der Waals surface area (Å²) >= 11 is 0. The van der Waals surface area contributed by atoms with Gasteiger partial charge in [-0.05, 0) is 13.0 Å². The Morgan fingerprint density at radius 1 is 1.50 bits per heavy atom. The van der Waals surface area contributed by atoms with Gasteiger partial charge in [-0.3, -0.25) is 4.98 Å². The zero-order chi connectivity index (χ0) is 11.4. The smallest absolute Gasteiger partial charge is 0.160 e. The van der Waals surface area contributed by atoms with Crippen molar-refractivity contribution in [2.75, 3.05) is 12.4 Å². The van der Waals surface area contributed by atoms with Gasteiger partial charge in [0, 0.05) is 11.8 Å². The van der Waals surface area contributed by atoms with Gasteiger partial charge in [-0.1, -0.05) is 5.16 Å². The van der Waals surface area contributed by atoms with Crippen molar-refractivity contribution in [3.63, 3.8) is 0 Å². The van der Waals surface area contributed by atoms with Crippen LogP contribution in [0.3, 0.4) is 0 Å². The molecule has 5 nitrogen and oxygen atoms in total. The standard InChI is InChI=1S/C11H13N3O2/c1-8-5-10(11(15-2)7-12-8)13-6-9-3-4-16-14-9/h3-5,7H,6H2,1-2H3,(H,12,13). The molecule has 0 aliphatic heterocycles. The minimum atomic E-state index is 0.594. The van der Waals surface area contributed by atoms with Crippen molar-refractivity contribution in [1.29, 1.82) is 0 Å². The molecule has 0 atom stereocenters. The van der Waals surface area contributed by atoms with Crippen LogP contribution in [0, 0.1) is 6.92 Å². The summed E-state index contributed by atoms with van der Waals surface area (Å²) in [6, 6.07) is 3.74. The molecule has 5 heteroatoms. The lowest BCUT2D eigenvalue weighted by Crippen LogP contribution is -2.02. The van der Waals surface area contributed by atoms with Gasteiger partial charge in [-0.25, -0.2) is 0 Å². The maximum absolute atomic E-state index is 5.20. The fraction of sp³-hybridized carbons (Fsp3) is 0.273. The van der Waals surface area contributed by atoms with E-state index in [0.717, 1.165) is 17.1 Å². The molecule has 2 aromatic rings. The topological polar surface area (TPSA) is 60.2 Å². The van der Waals surface area contributed by atoms with E-state index in [-0.39, 0.29) is 0 Å². The van der Waals surface area contributed by atoms with Gasteiger partial charge < -0.3 is 14.6 Å². The molecule has 1 N–H and O–H groups in total. The molecular weight excluding hydrogens is 206 g/mol. The van der Waals surface area contributed by atoms with E-state index >= 15 is 0 Å². The number of ether oxygens (including phenoxy) is 1. The Kier molecular flexibility index (Phi) is 3.05. The van der Waals surface area contributed by atoms with Crippen LogP contribution in [0.15, 0.2) is 29.1 Å². The Labute approximate surface area is 93.4 Å². The van der Waals surface area contributed by atoms with Crippen LogP contribution in [-0.4, -0.2) is 17.3 Å². The number of nitrogens with one attached hydrogen (secondary N) is 1. The monoisotopic (exact) mass is 219 g/mol. The molecule has 0 bridgehead atoms. The number of anilines is 1. The molecule has 0 saturated carbocycles. The Balaban J connectivity index is 2.11. The van der Waals surface area contributed by atoms with Crippen LogP contribution in [-0.2, 0) is 6.54 Å². The third-order valence-electron chi connectivity index (χ3n) is 2.18. The van der Waals surface area contributed by atoms with Crippen LogP contribution in [0.2, 0.25) is 0 Å². The lowest BCUT2D eigenvalue weighted by Gasteiger charge is -2.09. The van der Waals surface area contributed by atoms with Crippen molar-refractivity contribution < 1.29 is 9.26 Å². The lowest BCUT2D eigenvalue weighted by molar-refractivity contribution is 0.410. The molecular formula is C11H13N3O2.